The van der Waals surface area contributed by atoms with Crippen molar-refractivity contribution in [1.82, 2.24) is 15.6 Å². The lowest BCUT2D eigenvalue weighted by molar-refractivity contribution is -0.122. The monoisotopic (exact) mass is 451 g/mol. The average Bonchev–Trinajstić information content (AvgIpc) is 2.85. The number of methoxy groups -OCH3 is 3. The summed E-state index contributed by atoms with van der Waals surface area (Å²) in [6.45, 7) is 4.19. The normalized spacial score (nSPS) is 11.5. The van der Waals surface area contributed by atoms with Gasteiger partial charge in [0.2, 0.25) is 11.7 Å². The first-order valence-electron chi connectivity index (χ1n) is 10.7. The van der Waals surface area contributed by atoms with Crippen LogP contribution in [0.25, 0.3) is 22.2 Å². The van der Waals surface area contributed by atoms with Crippen molar-refractivity contribution in [3.05, 3.63) is 48.0 Å². The molecule has 0 bridgehead atoms. The van der Waals surface area contributed by atoms with Crippen molar-refractivity contribution in [2.24, 2.45) is 0 Å². The number of nitrogens with zero attached hydrogens (tertiary/aromatic N) is 1. The molecule has 2 amide bonds. The summed E-state index contributed by atoms with van der Waals surface area (Å²) in [6, 6.07) is 12.0. The standard InChI is InChI=1S/C25H29N3O5/c1-6-11-26-24(29)15(2)27-25(30)18-14-20(28-19-10-8-7-9-17(18)19)16-12-21(31-3)23(33-5)22(13-16)32-4/h7-10,12-15H,6,11H2,1-5H3,(H,26,29)(H,27,30). The van der Waals surface area contributed by atoms with Gasteiger partial charge in [-0.25, -0.2) is 4.98 Å². The van der Waals surface area contributed by atoms with Gasteiger partial charge in [-0.2, -0.15) is 0 Å². The molecule has 1 aromatic heterocycles. The summed E-state index contributed by atoms with van der Waals surface area (Å²) in [5, 5.41) is 6.27. The van der Waals surface area contributed by atoms with E-state index >= 15 is 0 Å². The molecule has 0 spiro atoms. The van der Waals surface area contributed by atoms with Crippen LogP contribution in [-0.4, -0.2) is 50.7 Å². The van der Waals surface area contributed by atoms with Gasteiger partial charge in [-0.15, -0.1) is 0 Å². The molecule has 33 heavy (non-hydrogen) atoms. The number of para-hydroxylation sites is 1. The average molecular weight is 452 g/mol. The van der Waals surface area contributed by atoms with E-state index < -0.39 is 6.04 Å². The molecule has 8 nitrogen and oxygen atoms in total. The highest BCUT2D eigenvalue weighted by Crippen LogP contribution is 2.41. The second-order valence-corrected chi connectivity index (χ2v) is 7.47. The zero-order chi connectivity index (χ0) is 24.0. The molecule has 174 valence electrons. The molecule has 0 radical (unpaired) electrons. The number of hydrogen-bond donors (Lipinski definition) is 2. The molecule has 2 aromatic carbocycles. The van der Waals surface area contributed by atoms with E-state index in [4.69, 9.17) is 19.2 Å². The fraction of sp³-hybridized carbons (Fsp3) is 0.320. The molecule has 1 heterocycles. The highest BCUT2D eigenvalue weighted by atomic mass is 16.5. The number of hydrogen-bond acceptors (Lipinski definition) is 6. The van der Waals surface area contributed by atoms with Crippen LogP contribution in [0, 0.1) is 0 Å². The van der Waals surface area contributed by atoms with Crippen LogP contribution in [0.3, 0.4) is 0 Å². The van der Waals surface area contributed by atoms with E-state index in [9.17, 15) is 9.59 Å². The topological polar surface area (TPSA) is 98.8 Å². The molecule has 0 aliphatic carbocycles. The zero-order valence-corrected chi connectivity index (χ0v) is 19.5. The lowest BCUT2D eigenvalue weighted by atomic mass is 10.0. The molecule has 3 aromatic rings. The van der Waals surface area contributed by atoms with Gasteiger partial charge in [-0.1, -0.05) is 25.1 Å². The van der Waals surface area contributed by atoms with Crippen molar-refractivity contribution in [2.45, 2.75) is 26.3 Å². The Bertz CT molecular complexity index is 1140. The SMILES string of the molecule is CCCNC(=O)C(C)NC(=O)c1cc(-c2cc(OC)c(OC)c(OC)c2)nc2ccccc12. The minimum Gasteiger partial charge on any atom is -0.493 e. The number of ether oxygens (including phenoxy) is 3. The predicted molar refractivity (Wildman–Crippen MR) is 127 cm³/mol. The number of amides is 2. The Morgan fingerprint density at radius 2 is 1.67 bits per heavy atom. The van der Waals surface area contributed by atoms with Crippen molar-refractivity contribution in [2.75, 3.05) is 27.9 Å². The number of fused-ring (bicyclic) bond motifs is 1. The summed E-state index contributed by atoms with van der Waals surface area (Å²) in [6.07, 6.45) is 0.819. The maximum Gasteiger partial charge on any atom is 0.252 e. The Labute approximate surface area is 193 Å². The largest absolute Gasteiger partial charge is 0.493 e. The Balaban J connectivity index is 2.06. The molecular formula is C25H29N3O5. The first-order valence-corrected chi connectivity index (χ1v) is 10.7. The van der Waals surface area contributed by atoms with Crippen molar-refractivity contribution in [1.29, 1.82) is 0 Å². The molecule has 0 saturated carbocycles. The summed E-state index contributed by atoms with van der Waals surface area (Å²) < 4.78 is 16.3. The maximum absolute atomic E-state index is 13.2. The van der Waals surface area contributed by atoms with E-state index in [1.54, 1.807) is 39.3 Å². The second-order valence-electron chi connectivity index (χ2n) is 7.47. The van der Waals surface area contributed by atoms with E-state index in [1.807, 2.05) is 31.2 Å². The number of carbonyl (C=O) groups is 2. The summed E-state index contributed by atoms with van der Waals surface area (Å²) >= 11 is 0. The van der Waals surface area contributed by atoms with Crippen LogP contribution in [-0.2, 0) is 4.79 Å². The first-order chi connectivity index (χ1) is 15.9. The van der Waals surface area contributed by atoms with Gasteiger partial charge in [-0.05, 0) is 37.6 Å². The summed E-state index contributed by atoms with van der Waals surface area (Å²) in [7, 11) is 4.62. The maximum atomic E-state index is 13.2. The smallest absolute Gasteiger partial charge is 0.252 e. The molecule has 2 N–H and O–H groups in total. The van der Waals surface area contributed by atoms with E-state index in [-0.39, 0.29) is 11.8 Å². The van der Waals surface area contributed by atoms with Crippen molar-refractivity contribution >= 4 is 22.7 Å². The molecule has 1 atom stereocenters. The lowest BCUT2D eigenvalue weighted by Gasteiger charge is -2.16. The number of nitrogens with one attached hydrogen (secondary N) is 2. The van der Waals surface area contributed by atoms with Gasteiger partial charge in [0, 0.05) is 17.5 Å². The summed E-state index contributed by atoms with van der Waals surface area (Å²) in [5.74, 6) is 0.840. The Morgan fingerprint density at radius 3 is 2.27 bits per heavy atom. The van der Waals surface area contributed by atoms with Crippen LogP contribution in [0.4, 0.5) is 0 Å². The predicted octanol–water partition coefficient (Wildman–Crippen LogP) is 3.57. The molecule has 8 heteroatoms. The second kappa shape index (κ2) is 10.7. The van der Waals surface area contributed by atoms with Gasteiger partial charge < -0.3 is 24.8 Å². The van der Waals surface area contributed by atoms with Gasteiger partial charge in [0.05, 0.1) is 38.1 Å². The van der Waals surface area contributed by atoms with E-state index in [0.29, 0.717) is 51.5 Å². The van der Waals surface area contributed by atoms with Crippen LogP contribution >= 0.6 is 0 Å². The summed E-state index contributed by atoms with van der Waals surface area (Å²) in [5.41, 5.74) is 2.32. The van der Waals surface area contributed by atoms with Crippen LogP contribution in [0.5, 0.6) is 17.2 Å². The van der Waals surface area contributed by atoms with Gasteiger partial charge >= 0.3 is 0 Å². The quantitative estimate of drug-likeness (QED) is 0.516. The first kappa shape index (κ1) is 23.8. The third-order valence-corrected chi connectivity index (χ3v) is 5.21. The fourth-order valence-electron chi connectivity index (χ4n) is 3.48. The van der Waals surface area contributed by atoms with Crippen LogP contribution in [0.2, 0.25) is 0 Å². The zero-order valence-electron chi connectivity index (χ0n) is 19.5. The molecule has 0 saturated heterocycles. The third-order valence-electron chi connectivity index (χ3n) is 5.21. The lowest BCUT2D eigenvalue weighted by Crippen LogP contribution is -2.45. The molecule has 0 fully saturated rings. The number of carbonyl (C=O) groups excluding carboxylic acids is 2. The molecule has 3 rings (SSSR count). The highest BCUT2D eigenvalue weighted by molar-refractivity contribution is 6.08. The molecule has 0 aliphatic heterocycles. The highest BCUT2D eigenvalue weighted by Gasteiger charge is 2.21. The fourth-order valence-corrected chi connectivity index (χ4v) is 3.48. The van der Waals surface area contributed by atoms with E-state index in [1.165, 1.54) is 7.11 Å². The Kier molecular flexibility index (Phi) is 7.71. The van der Waals surface area contributed by atoms with Crippen molar-refractivity contribution < 1.29 is 23.8 Å². The molecule has 1 unspecified atom stereocenters. The van der Waals surface area contributed by atoms with Crippen molar-refractivity contribution in [3.8, 4) is 28.5 Å². The Morgan fingerprint density at radius 1 is 1.00 bits per heavy atom. The van der Waals surface area contributed by atoms with Crippen LogP contribution < -0.4 is 24.8 Å². The van der Waals surface area contributed by atoms with E-state index in [2.05, 4.69) is 10.6 Å². The van der Waals surface area contributed by atoms with Gasteiger partial charge in [0.25, 0.3) is 5.91 Å². The van der Waals surface area contributed by atoms with Gasteiger partial charge in [-0.3, -0.25) is 9.59 Å². The van der Waals surface area contributed by atoms with Crippen LogP contribution in [0.15, 0.2) is 42.5 Å². The number of benzene rings is 2. The minimum absolute atomic E-state index is 0.228. The van der Waals surface area contributed by atoms with Gasteiger partial charge in [0.1, 0.15) is 6.04 Å². The van der Waals surface area contributed by atoms with Crippen molar-refractivity contribution in [3.63, 3.8) is 0 Å². The summed E-state index contributed by atoms with van der Waals surface area (Å²) in [4.78, 5) is 30.2. The minimum atomic E-state index is -0.680. The third kappa shape index (κ3) is 5.16. The van der Waals surface area contributed by atoms with E-state index in [0.717, 1.165) is 6.42 Å². The van der Waals surface area contributed by atoms with Crippen LogP contribution in [0.1, 0.15) is 30.6 Å². The number of pyridine rings is 1. The van der Waals surface area contributed by atoms with Gasteiger partial charge in [0.15, 0.2) is 11.5 Å². The molecule has 0 aliphatic rings. The Hall–Kier alpha value is -3.81. The number of rotatable bonds is 9. The number of aromatic nitrogens is 1. The molecular weight excluding hydrogens is 422 g/mol.